The van der Waals surface area contributed by atoms with Crippen LogP contribution in [0.15, 0.2) is 36.4 Å². The molecule has 0 aromatic heterocycles. The van der Waals surface area contributed by atoms with Gasteiger partial charge in [0.2, 0.25) is 0 Å². The molecule has 2 aromatic carbocycles. The van der Waals surface area contributed by atoms with Crippen LogP contribution in [0.4, 0.5) is 11.4 Å². The third kappa shape index (κ3) is 5.53. The van der Waals surface area contributed by atoms with Gasteiger partial charge in [0, 0.05) is 17.8 Å². The van der Waals surface area contributed by atoms with Gasteiger partial charge >= 0.3 is 5.97 Å². The minimum absolute atomic E-state index is 0.0689. The van der Waals surface area contributed by atoms with Crippen molar-refractivity contribution < 1.29 is 24.0 Å². The molecule has 0 atom stereocenters. The number of rotatable bonds is 7. The van der Waals surface area contributed by atoms with Crippen molar-refractivity contribution in [3.63, 3.8) is 0 Å². The van der Waals surface area contributed by atoms with Gasteiger partial charge in [0.15, 0.2) is 13.2 Å². The van der Waals surface area contributed by atoms with Crippen LogP contribution in [0.2, 0.25) is 0 Å². The highest BCUT2D eigenvalue weighted by molar-refractivity contribution is 5.93. The monoisotopic (exact) mass is 372 g/mol. The SMILES string of the molecule is Cc1cc([N+](=O)[O-])ccc1NC(=O)COC(=O)COc1c(C)cccc1C. The number of hydrogen-bond acceptors (Lipinski definition) is 6. The predicted octanol–water partition coefficient (Wildman–Crippen LogP) is 3.08. The van der Waals surface area contributed by atoms with Crippen molar-refractivity contribution in [2.45, 2.75) is 20.8 Å². The number of nitro benzene ring substituents is 1. The number of nitro groups is 1. The molecule has 0 saturated carbocycles. The number of non-ortho nitro benzene ring substituents is 1. The highest BCUT2D eigenvalue weighted by Gasteiger charge is 2.13. The van der Waals surface area contributed by atoms with E-state index < -0.39 is 23.4 Å². The van der Waals surface area contributed by atoms with E-state index in [4.69, 9.17) is 9.47 Å². The number of anilines is 1. The zero-order valence-corrected chi connectivity index (χ0v) is 15.3. The lowest BCUT2D eigenvalue weighted by Crippen LogP contribution is -2.24. The number of benzene rings is 2. The lowest BCUT2D eigenvalue weighted by molar-refractivity contribution is -0.384. The standard InChI is InChI=1S/C19H20N2O6/c1-12-5-4-6-13(2)19(12)27-11-18(23)26-10-17(22)20-16-8-7-15(21(24)25)9-14(16)3/h4-9H,10-11H2,1-3H3,(H,20,22). The molecule has 2 rings (SSSR count). The number of para-hydroxylation sites is 1. The highest BCUT2D eigenvalue weighted by Crippen LogP contribution is 2.22. The Balaban J connectivity index is 1.83. The molecular formula is C19H20N2O6. The first-order chi connectivity index (χ1) is 12.8. The fourth-order valence-corrected chi connectivity index (χ4v) is 2.43. The Hall–Kier alpha value is -3.42. The van der Waals surface area contributed by atoms with Crippen LogP contribution in [0.1, 0.15) is 16.7 Å². The fourth-order valence-electron chi connectivity index (χ4n) is 2.43. The van der Waals surface area contributed by atoms with Crippen LogP contribution in [0.25, 0.3) is 0 Å². The van der Waals surface area contributed by atoms with Crippen LogP contribution in [-0.2, 0) is 14.3 Å². The average Bonchev–Trinajstić information content (AvgIpc) is 2.61. The van der Waals surface area contributed by atoms with Crippen LogP contribution < -0.4 is 10.1 Å². The van der Waals surface area contributed by atoms with E-state index in [1.165, 1.54) is 18.2 Å². The number of ether oxygens (including phenoxy) is 2. The van der Waals surface area contributed by atoms with E-state index >= 15 is 0 Å². The molecule has 0 spiro atoms. The predicted molar refractivity (Wildman–Crippen MR) is 98.8 cm³/mol. The third-order valence-corrected chi connectivity index (χ3v) is 3.80. The summed E-state index contributed by atoms with van der Waals surface area (Å²) in [5, 5.41) is 13.3. The lowest BCUT2D eigenvalue weighted by atomic mass is 10.1. The van der Waals surface area contributed by atoms with Gasteiger partial charge in [0.05, 0.1) is 4.92 Å². The van der Waals surface area contributed by atoms with E-state index in [1.807, 2.05) is 32.0 Å². The summed E-state index contributed by atoms with van der Waals surface area (Å²) in [6.45, 7) is 4.58. The van der Waals surface area contributed by atoms with Crippen molar-refractivity contribution in [3.05, 3.63) is 63.2 Å². The van der Waals surface area contributed by atoms with E-state index in [-0.39, 0.29) is 12.3 Å². The van der Waals surface area contributed by atoms with Crippen LogP contribution >= 0.6 is 0 Å². The first kappa shape index (κ1) is 19.9. The van der Waals surface area contributed by atoms with Gasteiger partial charge in [-0.1, -0.05) is 18.2 Å². The Labute approximate surface area is 156 Å². The molecule has 0 unspecified atom stereocenters. The topological polar surface area (TPSA) is 108 Å². The molecule has 142 valence electrons. The number of nitrogens with zero attached hydrogens (tertiary/aromatic N) is 1. The van der Waals surface area contributed by atoms with Crippen molar-refractivity contribution in [3.8, 4) is 5.75 Å². The number of nitrogens with one attached hydrogen (secondary N) is 1. The molecule has 1 N–H and O–H groups in total. The van der Waals surface area contributed by atoms with Gasteiger partial charge in [-0.05, 0) is 43.5 Å². The first-order valence-electron chi connectivity index (χ1n) is 8.17. The van der Waals surface area contributed by atoms with Gasteiger partial charge < -0.3 is 14.8 Å². The Morgan fingerprint density at radius 2 is 1.70 bits per heavy atom. The molecule has 0 heterocycles. The molecule has 0 bridgehead atoms. The number of esters is 1. The molecular weight excluding hydrogens is 352 g/mol. The van der Waals surface area contributed by atoms with Gasteiger partial charge in [0.1, 0.15) is 5.75 Å². The number of carbonyl (C=O) groups is 2. The van der Waals surface area contributed by atoms with Crippen molar-refractivity contribution in [1.82, 2.24) is 0 Å². The van der Waals surface area contributed by atoms with Crippen LogP contribution in [-0.4, -0.2) is 30.0 Å². The maximum Gasteiger partial charge on any atom is 0.344 e. The Kier molecular flexibility index (Phi) is 6.48. The summed E-state index contributed by atoms with van der Waals surface area (Å²) < 4.78 is 10.4. The fraction of sp³-hybridized carbons (Fsp3) is 0.263. The Morgan fingerprint density at radius 1 is 1.04 bits per heavy atom. The van der Waals surface area contributed by atoms with E-state index in [0.29, 0.717) is 17.0 Å². The summed E-state index contributed by atoms with van der Waals surface area (Å²) >= 11 is 0. The smallest absolute Gasteiger partial charge is 0.344 e. The molecule has 0 aliphatic carbocycles. The molecule has 0 radical (unpaired) electrons. The highest BCUT2D eigenvalue weighted by atomic mass is 16.6. The van der Waals surface area contributed by atoms with Crippen molar-refractivity contribution in [1.29, 1.82) is 0 Å². The van der Waals surface area contributed by atoms with E-state index in [1.54, 1.807) is 6.92 Å². The van der Waals surface area contributed by atoms with Gasteiger partial charge in [-0.15, -0.1) is 0 Å². The van der Waals surface area contributed by atoms with Gasteiger partial charge in [-0.25, -0.2) is 4.79 Å². The molecule has 1 amide bonds. The zero-order valence-electron chi connectivity index (χ0n) is 15.3. The van der Waals surface area contributed by atoms with Crippen molar-refractivity contribution in [2.75, 3.05) is 18.5 Å². The van der Waals surface area contributed by atoms with E-state index in [2.05, 4.69) is 5.32 Å². The molecule has 0 aliphatic rings. The zero-order chi connectivity index (χ0) is 20.0. The average molecular weight is 372 g/mol. The summed E-state index contributed by atoms with van der Waals surface area (Å²) in [6.07, 6.45) is 0. The van der Waals surface area contributed by atoms with Gasteiger partial charge in [0.25, 0.3) is 11.6 Å². The second kappa shape index (κ2) is 8.79. The molecule has 8 nitrogen and oxygen atoms in total. The molecule has 8 heteroatoms. The maximum absolute atomic E-state index is 11.9. The Bertz CT molecular complexity index is 858. The van der Waals surface area contributed by atoms with Gasteiger partial charge in [-0.3, -0.25) is 14.9 Å². The second-order valence-corrected chi connectivity index (χ2v) is 5.97. The summed E-state index contributed by atoms with van der Waals surface area (Å²) in [7, 11) is 0. The quantitative estimate of drug-likeness (QED) is 0.455. The summed E-state index contributed by atoms with van der Waals surface area (Å²) in [5.74, 6) is -0.610. The minimum atomic E-state index is -0.673. The number of hydrogen-bond donors (Lipinski definition) is 1. The molecule has 0 aliphatic heterocycles. The van der Waals surface area contributed by atoms with E-state index in [9.17, 15) is 19.7 Å². The number of carbonyl (C=O) groups excluding carboxylic acids is 2. The first-order valence-corrected chi connectivity index (χ1v) is 8.17. The maximum atomic E-state index is 11.9. The molecule has 0 saturated heterocycles. The summed E-state index contributed by atoms with van der Waals surface area (Å²) in [5.41, 5.74) is 2.67. The largest absolute Gasteiger partial charge is 0.481 e. The van der Waals surface area contributed by atoms with E-state index in [0.717, 1.165) is 11.1 Å². The van der Waals surface area contributed by atoms with Crippen LogP contribution in [0.5, 0.6) is 5.75 Å². The second-order valence-electron chi connectivity index (χ2n) is 5.97. The minimum Gasteiger partial charge on any atom is -0.481 e. The number of amides is 1. The van der Waals surface area contributed by atoms with Crippen molar-refractivity contribution >= 4 is 23.3 Å². The summed E-state index contributed by atoms with van der Waals surface area (Å²) in [4.78, 5) is 33.9. The van der Waals surface area contributed by atoms with Gasteiger partial charge in [-0.2, -0.15) is 0 Å². The van der Waals surface area contributed by atoms with Crippen LogP contribution in [0, 0.1) is 30.9 Å². The van der Waals surface area contributed by atoms with Crippen molar-refractivity contribution in [2.24, 2.45) is 0 Å². The number of aryl methyl sites for hydroxylation is 3. The lowest BCUT2D eigenvalue weighted by Gasteiger charge is -2.12. The Morgan fingerprint density at radius 3 is 2.30 bits per heavy atom. The third-order valence-electron chi connectivity index (χ3n) is 3.80. The normalized spacial score (nSPS) is 10.2. The summed E-state index contributed by atoms with van der Waals surface area (Å²) in [6, 6.07) is 9.69. The molecule has 0 fully saturated rings. The van der Waals surface area contributed by atoms with Crippen LogP contribution in [0.3, 0.4) is 0 Å². The molecule has 27 heavy (non-hydrogen) atoms. The molecule has 2 aromatic rings.